The van der Waals surface area contributed by atoms with E-state index in [1.807, 2.05) is 19.1 Å². The molecule has 0 aliphatic rings. The van der Waals surface area contributed by atoms with E-state index in [0.717, 1.165) is 59.9 Å². The van der Waals surface area contributed by atoms with E-state index in [1.54, 1.807) is 14.2 Å². The Morgan fingerprint density at radius 1 is 1.03 bits per heavy atom. The molecule has 0 unspecified atom stereocenters. The zero-order valence-electron chi connectivity index (χ0n) is 18.4. The van der Waals surface area contributed by atoms with Crippen LogP contribution in [0.3, 0.4) is 0 Å². The lowest BCUT2D eigenvalue weighted by molar-refractivity contribution is 0.355. The maximum atomic E-state index is 5.46. The van der Waals surface area contributed by atoms with Gasteiger partial charge in [0.05, 0.1) is 30.9 Å². The zero-order valence-corrected chi connectivity index (χ0v) is 18.4. The lowest BCUT2D eigenvalue weighted by Gasteiger charge is -2.25. The molecule has 1 heterocycles. The van der Waals surface area contributed by atoms with Crippen molar-refractivity contribution in [3.05, 3.63) is 35.9 Å². The normalized spacial score (nSPS) is 11.0. The number of aromatic nitrogens is 2. The highest BCUT2D eigenvalue weighted by atomic mass is 16.5. The van der Waals surface area contributed by atoms with Crippen molar-refractivity contribution >= 4 is 28.4 Å². The molecule has 0 amide bonds. The second-order valence-electron chi connectivity index (χ2n) is 7.27. The number of fused-ring (bicyclic) bond motifs is 1. The SMILES string of the molecule is CCCN(CCC)c1cccc2nc(Nc3cc(OC)c(OC)cc3C)n(C)c12. The van der Waals surface area contributed by atoms with Gasteiger partial charge in [-0.05, 0) is 43.5 Å². The molecule has 0 saturated heterocycles. The molecule has 0 aliphatic carbocycles. The van der Waals surface area contributed by atoms with Crippen molar-refractivity contribution < 1.29 is 9.47 Å². The van der Waals surface area contributed by atoms with Crippen molar-refractivity contribution in [1.29, 1.82) is 0 Å². The van der Waals surface area contributed by atoms with Gasteiger partial charge in [0.2, 0.25) is 5.95 Å². The van der Waals surface area contributed by atoms with Gasteiger partial charge < -0.3 is 24.3 Å². The fourth-order valence-electron chi connectivity index (χ4n) is 3.74. The van der Waals surface area contributed by atoms with Crippen molar-refractivity contribution in [2.24, 2.45) is 7.05 Å². The quantitative estimate of drug-likeness (QED) is 0.534. The third-order valence-electron chi connectivity index (χ3n) is 5.18. The molecule has 0 saturated carbocycles. The summed E-state index contributed by atoms with van der Waals surface area (Å²) in [5.74, 6) is 2.21. The standard InChI is InChI=1S/C23H32N4O2/c1-7-12-27(13-8-2)19-11-9-10-17-22(19)26(4)23(24-17)25-18-15-21(29-6)20(28-5)14-16(18)3/h9-11,14-15H,7-8,12-13H2,1-6H3,(H,24,25). The minimum absolute atomic E-state index is 0.692. The van der Waals surface area contributed by atoms with Crippen LogP contribution < -0.4 is 19.7 Å². The van der Waals surface area contributed by atoms with Crippen molar-refractivity contribution in [1.82, 2.24) is 9.55 Å². The van der Waals surface area contributed by atoms with E-state index in [0.29, 0.717) is 5.75 Å². The molecule has 2 aromatic carbocycles. The molecule has 1 aromatic heterocycles. The van der Waals surface area contributed by atoms with Crippen LogP contribution >= 0.6 is 0 Å². The highest BCUT2D eigenvalue weighted by Gasteiger charge is 2.17. The van der Waals surface area contributed by atoms with Crippen LogP contribution in [0.2, 0.25) is 0 Å². The average Bonchev–Trinajstić information content (AvgIpc) is 3.04. The van der Waals surface area contributed by atoms with Crippen LogP contribution in [0.1, 0.15) is 32.3 Å². The average molecular weight is 397 g/mol. The predicted octanol–water partition coefficient (Wildman–Crippen LogP) is 5.27. The number of ether oxygens (including phenoxy) is 2. The Morgan fingerprint density at radius 3 is 2.31 bits per heavy atom. The fourth-order valence-corrected chi connectivity index (χ4v) is 3.74. The van der Waals surface area contributed by atoms with E-state index in [9.17, 15) is 0 Å². The van der Waals surface area contributed by atoms with Gasteiger partial charge in [-0.1, -0.05) is 19.9 Å². The van der Waals surface area contributed by atoms with E-state index in [4.69, 9.17) is 14.5 Å². The van der Waals surface area contributed by atoms with Gasteiger partial charge in [-0.15, -0.1) is 0 Å². The Bertz CT molecular complexity index is 975. The molecule has 3 rings (SSSR count). The molecule has 6 heteroatoms. The van der Waals surface area contributed by atoms with Gasteiger partial charge in [0, 0.05) is 31.9 Å². The minimum atomic E-state index is 0.692. The molecule has 0 bridgehead atoms. The maximum absolute atomic E-state index is 5.46. The number of aryl methyl sites for hydroxylation is 2. The van der Waals surface area contributed by atoms with E-state index >= 15 is 0 Å². The number of rotatable bonds is 9. The summed E-state index contributed by atoms with van der Waals surface area (Å²) in [6.45, 7) is 8.56. The van der Waals surface area contributed by atoms with Gasteiger partial charge in [-0.2, -0.15) is 0 Å². The summed E-state index contributed by atoms with van der Waals surface area (Å²) in [6.07, 6.45) is 2.23. The van der Waals surface area contributed by atoms with Crippen molar-refractivity contribution in [3.63, 3.8) is 0 Å². The number of para-hydroxylation sites is 1. The van der Waals surface area contributed by atoms with Gasteiger partial charge in [0.1, 0.15) is 0 Å². The molecule has 0 fully saturated rings. The minimum Gasteiger partial charge on any atom is -0.493 e. The number of methoxy groups -OCH3 is 2. The number of anilines is 3. The Hall–Kier alpha value is -2.89. The smallest absolute Gasteiger partial charge is 0.208 e. The van der Waals surface area contributed by atoms with Crippen LogP contribution in [-0.2, 0) is 7.05 Å². The number of hydrogen-bond acceptors (Lipinski definition) is 5. The van der Waals surface area contributed by atoms with Crippen molar-refractivity contribution in [3.8, 4) is 11.5 Å². The number of imidazole rings is 1. The van der Waals surface area contributed by atoms with Crippen LogP contribution in [-0.4, -0.2) is 36.9 Å². The Morgan fingerprint density at radius 2 is 1.69 bits per heavy atom. The lowest BCUT2D eigenvalue weighted by atomic mass is 10.1. The molecule has 0 spiro atoms. The van der Waals surface area contributed by atoms with E-state index in [-0.39, 0.29) is 0 Å². The van der Waals surface area contributed by atoms with Crippen LogP contribution in [0.5, 0.6) is 11.5 Å². The largest absolute Gasteiger partial charge is 0.493 e. The summed E-state index contributed by atoms with van der Waals surface area (Å²) in [6, 6.07) is 10.3. The first kappa shape index (κ1) is 20.8. The Labute approximate surface area is 173 Å². The first-order valence-electron chi connectivity index (χ1n) is 10.2. The van der Waals surface area contributed by atoms with Crippen molar-refractivity contribution in [2.75, 3.05) is 37.5 Å². The molecule has 156 valence electrons. The first-order valence-corrected chi connectivity index (χ1v) is 10.2. The van der Waals surface area contributed by atoms with Gasteiger partial charge in [-0.3, -0.25) is 0 Å². The molecule has 0 atom stereocenters. The molecule has 29 heavy (non-hydrogen) atoms. The number of hydrogen-bond donors (Lipinski definition) is 1. The summed E-state index contributed by atoms with van der Waals surface area (Å²) >= 11 is 0. The molecule has 1 N–H and O–H groups in total. The second-order valence-corrected chi connectivity index (χ2v) is 7.27. The summed E-state index contributed by atoms with van der Waals surface area (Å²) in [7, 11) is 5.36. The topological polar surface area (TPSA) is 51.6 Å². The maximum Gasteiger partial charge on any atom is 0.208 e. The summed E-state index contributed by atoms with van der Waals surface area (Å²) < 4.78 is 13.0. The molecule has 0 aliphatic heterocycles. The highest BCUT2D eigenvalue weighted by molar-refractivity contribution is 5.91. The molecule has 0 radical (unpaired) electrons. The van der Waals surface area contributed by atoms with Gasteiger partial charge >= 0.3 is 0 Å². The first-order chi connectivity index (χ1) is 14.0. The van der Waals surface area contributed by atoms with E-state index in [2.05, 4.69) is 53.9 Å². The third kappa shape index (κ3) is 4.11. The monoisotopic (exact) mass is 396 g/mol. The lowest BCUT2D eigenvalue weighted by Crippen LogP contribution is -2.25. The molecule has 3 aromatic rings. The van der Waals surface area contributed by atoms with Crippen LogP contribution in [0.15, 0.2) is 30.3 Å². The Kier molecular flexibility index (Phi) is 6.52. The third-order valence-corrected chi connectivity index (χ3v) is 5.18. The number of benzene rings is 2. The summed E-state index contributed by atoms with van der Waals surface area (Å²) in [4.78, 5) is 7.32. The molecular weight excluding hydrogens is 364 g/mol. The highest BCUT2D eigenvalue weighted by Crippen LogP contribution is 2.35. The van der Waals surface area contributed by atoms with Crippen LogP contribution in [0.4, 0.5) is 17.3 Å². The molecular formula is C23H32N4O2. The van der Waals surface area contributed by atoms with E-state index < -0.39 is 0 Å². The number of nitrogens with zero attached hydrogens (tertiary/aromatic N) is 3. The van der Waals surface area contributed by atoms with Crippen LogP contribution in [0, 0.1) is 6.92 Å². The van der Waals surface area contributed by atoms with Gasteiger partial charge in [-0.25, -0.2) is 4.98 Å². The second kappa shape index (κ2) is 9.07. The van der Waals surface area contributed by atoms with Crippen molar-refractivity contribution in [2.45, 2.75) is 33.6 Å². The number of nitrogens with one attached hydrogen (secondary N) is 1. The summed E-state index contributed by atoms with van der Waals surface area (Å²) in [5, 5.41) is 3.48. The van der Waals surface area contributed by atoms with Gasteiger partial charge in [0.15, 0.2) is 11.5 Å². The zero-order chi connectivity index (χ0) is 21.0. The van der Waals surface area contributed by atoms with Crippen LogP contribution in [0.25, 0.3) is 11.0 Å². The van der Waals surface area contributed by atoms with E-state index in [1.165, 1.54) is 5.69 Å². The van der Waals surface area contributed by atoms with Gasteiger partial charge in [0.25, 0.3) is 0 Å². The molecule has 6 nitrogen and oxygen atoms in total. The fraction of sp³-hybridized carbons (Fsp3) is 0.435. The predicted molar refractivity (Wildman–Crippen MR) is 121 cm³/mol. The summed E-state index contributed by atoms with van der Waals surface area (Å²) in [5.41, 5.74) is 5.38. The Balaban J connectivity index is 2.04.